The molecule has 142 valence electrons. The fraction of sp³-hybridized carbons (Fsp3) is 0.350. The van der Waals surface area contributed by atoms with E-state index in [9.17, 15) is 8.78 Å². The summed E-state index contributed by atoms with van der Waals surface area (Å²) in [5.74, 6) is -0.133. The van der Waals surface area contributed by atoms with Crippen LogP contribution in [0.3, 0.4) is 0 Å². The lowest BCUT2D eigenvalue weighted by atomic mass is 10.0. The van der Waals surface area contributed by atoms with Gasteiger partial charge in [-0.3, -0.25) is 0 Å². The normalized spacial score (nSPS) is 16.4. The molecule has 3 heterocycles. The highest BCUT2D eigenvalue weighted by atomic mass is 35.5. The van der Waals surface area contributed by atoms with E-state index in [1.54, 1.807) is 0 Å². The van der Waals surface area contributed by atoms with Crippen LogP contribution in [0.1, 0.15) is 44.0 Å². The maximum Gasteiger partial charge on any atom is 0.223 e. The third-order valence-corrected chi connectivity index (χ3v) is 4.71. The second-order valence-electron chi connectivity index (χ2n) is 6.13. The van der Waals surface area contributed by atoms with Gasteiger partial charge in [-0.1, -0.05) is 13.8 Å². The first-order chi connectivity index (χ1) is 13.0. The summed E-state index contributed by atoms with van der Waals surface area (Å²) in [5, 5.41) is 0.181. The van der Waals surface area contributed by atoms with Crippen LogP contribution in [-0.4, -0.2) is 21.5 Å². The lowest BCUT2D eigenvalue weighted by Crippen LogP contribution is -2.24. The van der Waals surface area contributed by atoms with Crippen molar-refractivity contribution in [2.24, 2.45) is 0 Å². The molecule has 1 aliphatic heterocycles. The van der Waals surface area contributed by atoms with Crippen LogP contribution in [-0.2, 0) is 0 Å². The quantitative estimate of drug-likeness (QED) is 0.531. The number of nitrogens with zero attached hydrogens (tertiary/aromatic N) is 4. The minimum Gasteiger partial charge on any atom is -0.349 e. The van der Waals surface area contributed by atoms with Gasteiger partial charge in [-0.25, -0.2) is 23.7 Å². The maximum atomic E-state index is 14.2. The third kappa shape index (κ3) is 3.86. The van der Waals surface area contributed by atoms with Gasteiger partial charge in [0.15, 0.2) is 0 Å². The van der Waals surface area contributed by atoms with Crippen molar-refractivity contribution in [3.05, 3.63) is 58.5 Å². The molecule has 0 amide bonds. The second-order valence-corrected chi connectivity index (χ2v) is 6.47. The summed E-state index contributed by atoms with van der Waals surface area (Å²) in [7, 11) is 0. The lowest BCUT2D eigenvalue weighted by molar-refractivity contribution is 0.560. The van der Waals surface area contributed by atoms with Gasteiger partial charge < -0.3 is 4.90 Å². The van der Waals surface area contributed by atoms with Crippen molar-refractivity contribution in [1.82, 2.24) is 15.0 Å². The van der Waals surface area contributed by atoms with Gasteiger partial charge in [0.25, 0.3) is 0 Å². The summed E-state index contributed by atoms with van der Waals surface area (Å²) in [6, 6.07) is 7.00. The van der Waals surface area contributed by atoms with E-state index < -0.39 is 11.6 Å². The molecule has 0 aliphatic carbocycles. The van der Waals surface area contributed by atoms with E-state index in [0.717, 1.165) is 25.5 Å². The van der Waals surface area contributed by atoms with Crippen molar-refractivity contribution in [1.29, 1.82) is 0 Å². The average molecular weight is 391 g/mol. The lowest BCUT2D eigenvalue weighted by Gasteiger charge is -2.26. The molecule has 0 N–H and O–H groups in total. The molecule has 0 spiro atoms. The van der Waals surface area contributed by atoms with Gasteiger partial charge in [0.2, 0.25) is 5.28 Å². The molecule has 2 aromatic heterocycles. The summed E-state index contributed by atoms with van der Waals surface area (Å²) >= 11 is 5.89. The highest BCUT2D eigenvalue weighted by Gasteiger charge is 2.29. The van der Waals surface area contributed by atoms with Gasteiger partial charge in [-0.05, 0) is 61.7 Å². The second kappa shape index (κ2) is 8.13. The largest absolute Gasteiger partial charge is 0.349 e. The molecule has 1 unspecified atom stereocenters. The van der Waals surface area contributed by atoms with Crippen molar-refractivity contribution in [3.63, 3.8) is 0 Å². The Hall–Kier alpha value is -2.34. The summed E-state index contributed by atoms with van der Waals surface area (Å²) in [5.41, 5.74) is 2.37. The van der Waals surface area contributed by atoms with E-state index >= 15 is 0 Å². The van der Waals surface area contributed by atoms with Crippen LogP contribution in [0.4, 0.5) is 14.6 Å². The van der Waals surface area contributed by atoms with Crippen LogP contribution in [0, 0.1) is 18.6 Å². The number of pyridine rings is 1. The first-order valence-electron chi connectivity index (χ1n) is 9.05. The molecule has 1 atom stereocenters. The number of aryl methyl sites for hydroxylation is 1. The predicted octanol–water partition coefficient (Wildman–Crippen LogP) is 5.63. The average Bonchev–Trinajstić information content (AvgIpc) is 3.14. The number of anilines is 1. The first kappa shape index (κ1) is 19.4. The molecule has 4 rings (SSSR count). The van der Waals surface area contributed by atoms with E-state index in [-0.39, 0.29) is 11.3 Å². The van der Waals surface area contributed by atoms with E-state index in [1.807, 2.05) is 37.8 Å². The standard InChI is InChI=1S/C18H15ClF2N4.C2H6/c1-10-17-14(23-18(19)22-10)6-7-16(24-17)25-8-2-3-15(25)12-9-11(20)4-5-13(12)21;1-2/h4-7,9,15H,2-3,8H2,1H3;1-2H3. The topological polar surface area (TPSA) is 41.9 Å². The molecule has 0 bridgehead atoms. The molecule has 1 aliphatic rings. The Balaban J connectivity index is 0.00000102. The van der Waals surface area contributed by atoms with Gasteiger partial charge in [-0.2, -0.15) is 0 Å². The molecule has 3 aromatic rings. The number of hydrogen-bond acceptors (Lipinski definition) is 4. The highest BCUT2D eigenvalue weighted by molar-refractivity contribution is 6.28. The molecular formula is C20H21ClF2N4. The number of aromatic nitrogens is 3. The summed E-state index contributed by atoms with van der Waals surface area (Å²) < 4.78 is 27.8. The van der Waals surface area contributed by atoms with E-state index in [0.29, 0.717) is 28.1 Å². The zero-order valence-corrected chi connectivity index (χ0v) is 16.3. The SMILES string of the molecule is CC.Cc1nc(Cl)nc2ccc(N3CCCC3c3cc(F)ccc3F)nc12. The minimum absolute atomic E-state index is 0.181. The number of hydrogen-bond donors (Lipinski definition) is 0. The van der Waals surface area contributed by atoms with E-state index in [1.165, 1.54) is 12.1 Å². The molecule has 7 heteroatoms. The van der Waals surface area contributed by atoms with Crippen molar-refractivity contribution in [2.75, 3.05) is 11.4 Å². The van der Waals surface area contributed by atoms with Gasteiger partial charge in [0.05, 0.1) is 17.3 Å². The zero-order chi connectivity index (χ0) is 19.6. The minimum atomic E-state index is -0.436. The molecule has 27 heavy (non-hydrogen) atoms. The Kier molecular flexibility index (Phi) is 5.85. The van der Waals surface area contributed by atoms with Gasteiger partial charge in [0.1, 0.15) is 23.0 Å². The number of fused-ring (bicyclic) bond motifs is 1. The van der Waals surface area contributed by atoms with Crippen molar-refractivity contribution < 1.29 is 8.78 Å². The summed E-state index contributed by atoms with van der Waals surface area (Å²) in [6.45, 7) is 6.55. The Morgan fingerprint density at radius 2 is 1.85 bits per heavy atom. The third-order valence-electron chi connectivity index (χ3n) is 4.54. The molecule has 1 aromatic carbocycles. The van der Waals surface area contributed by atoms with Gasteiger partial charge in [0, 0.05) is 12.1 Å². The maximum absolute atomic E-state index is 14.2. The van der Waals surface area contributed by atoms with Crippen molar-refractivity contribution in [2.45, 2.75) is 39.7 Å². The van der Waals surface area contributed by atoms with E-state index in [2.05, 4.69) is 15.0 Å². The predicted molar refractivity (Wildman–Crippen MR) is 104 cm³/mol. The van der Waals surface area contributed by atoms with Gasteiger partial charge in [-0.15, -0.1) is 0 Å². The molecule has 0 radical (unpaired) electrons. The smallest absolute Gasteiger partial charge is 0.223 e. The fourth-order valence-electron chi connectivity index (χ4n) is 3.41. The number of benzene rings is 1. The summed E-state index contributed by atoms with van der Waals surface area (Å²) in [4.78, 5) is 15.0. The first-order valence-corrected chi connectivity index (χ1v) is 9.43. The van der Waals surface area contributed by atoms with Crippen LogP contribution in [0.2, 0.25) is 5.28 Å². The summed E-state index contributed by atoms with van der Waals surface area (Å²) in [6.07, 6.45) is 1.63. The number of halogens is 3. The Bertz CT molecular complexity index is 964. The Morgan fingerprint density at radius 1 is 1.07 bits per heavy atom. The van der Waals surface area contributed by atoms with Gasteiger partial charge >= 0.3 is 0 Å². The molecule has 0 saturated carbocycles. The molecular weight excluding hydrogens is 370 g/mol. The molecule has 1 fully saturated rings. The van der Waals surface area contributed by atoms with Crippen LogP contribution >= 0.6 is 11.6 Å². The monoisotopic (exact) mass is 390 g/mol. The van der Waals surface area contributed by atoms with Crippen molar-refractivity contribution in [3.8, 4) is 0 Å². The van der Waals surface area contributed by atoms with Crippen LogP contribution < -0.4 is 4.90 Å². The van der Waals surface area contributed by atoms with Crippen LogP contribution in [0.25, 0.3) is 11.0 Å². The highest BCUT2D eigenvalue weighted by Crippen LogP contribution is 2.37. The Labute approximate surface area is 162 Å². The van der Waals surface area contributed by atoms with Crippen LogP contribution in [0.15, 0.2) is 30.3 Å². The number of rotatable bonds is 2. The van der Waals surface area contributed by atoms with Crippen LogP contribution in [0.5, 0.6) is 0 Å². The Morgan fingerprint density at radius 3 is 2.63 bits per heavy atom. The fourth-order valence-corrected chi connectivity index (χ4v) is 3.63. The van der Waals surface area contributed by atoms with Crippen molar-refractivity contribution >= 4 is 28.5 Å². The van der Waals surface area contributed by atoms with E-state index in [4.69, 9.17) is 11.6 Å². The molecule has 4 nitrogen and oxygen atoms in total. The molecule has 1 saturated heterocycles. The zero-order valence-electron chi connectivity index (χ0n) is 15.5.